The number of benzene rings is 2. The zero-order chi connectivity index (χ0) is 19.2. The Balaban J connectivity index is 1.79. The van der Waals surface area contributed by atoms with Gasteiger partial charge in [0.25, 0.3) is 0 Å². The number of carbonyl (C=O) groups is 2. The molecule has 2 aromatic carbocycles. The number of aliphatic imine (C=N–C) groups is 1. The molecule has 0 saturated heterocycles. The van der Waals surface area contributed by atoms with Gasteiger partial charge in [-0.15, -0.1) is 0 Å². The molecule has 6 nitrogen and oxygen atoms in total. The van der Waals surface area contributed by atoms with E-state index in [1.54, 1.807) is 6.92 Å². The minimum absolute atomic E-state index is 0.174. The van der Waals surface area contributed by atoms with Crippen LogP contribution in [0.4, 0.5) is 4.79 Å². The molecule has 3 rings (SSSR count). The van der Waals surface area contributed by atoms with Crippen molar-refractivity contribution >= 4 is 17.7 Å². The van der Waals surface area contributed by atoms with Crippen molar-refractivity contribution in [3.05, 3.63) is 65.7 Å². The Morgan fingerprint density at radius 3 is 2.48 bits per heavy atom. The molecule has 2 amide bonds. The van der Waals surface area contributed by atoms with Gasteiger partial charge in [-0.1, -0.05) is 42.5 Å². The summed E-state index contributed by atoms with van der Waals surface area (Å²) in [5.41, 5.74) is 2.14. The number of amides is 2. The van der Waals surface area contributed by atoms with E-state index in [9.17, 15) is 9.59 Å². The van der Waals surface area contributed by atoms with Gasteiger partial charge in [-0.25, -0.2) is 9.79 Å². The van der Waals surface area contributed by atoms with Gasteiger partial charge in [0.05, 0.1) is 12.6 Å². The maximum absolute atomic E-state index is 12.8. The van der Waals surface area contributed by atoms with Crippen LogP contribution in [-0.4, -0.2) is 24.3 Å². The zero-order valence-electron chi connectivity index (χ0n) is 15.3. The van der Waals surface area contributed by atoms with Crippen LogP contribution in [0.3, 0.4) is 0 Å². The highest BCUT2D eigenvalue weighted by Gasteiger charge is 2.38. The van der Waals surface area contributed by atoms with E-state index in [1.807, 2.05) is 61.5 Å². The molecule has 0 aromatic heterocycles. The standard InChI is InChI=1S/C21H22N2O4/c1-3-26-17-11-9-16(10-12-17)19-18(14(2)22-21(25)23-19)20(24)27-13-15-7-5-4-6-8-15/h4-12,18-19H,3,13H2,1-2H3,(H,23,25). The molecule has 1 heterocycles. The van der Waals surface area contributed by atoms with E-state index in [-0.39, 0.29) is 6.61 Å². The number of hydrogen-bond acceptors (Lipinski definition) is 4. The van der Waals surface area contributed by atoms with E-state index in [0.717, 1.165) is 16.9 Å². The lowest BCUT2D eigenvalue weighted by Gasteiger charge is -2.29. The van der Waals surface area contributed by atoms with E-state index in [1.165, 1.54) is 0 Å². The number of nitrogens with zero attached hydrogens (tertiary/aromatic N) is 1. The van der Waals surface area contributed by atoms with E-state index in [2.05, 4.69) is 10.3 Å². The lowest BCUT2D eigenvalue weighted by atomic mass is 9.88. The maximum Gasteiger partial charge on any atom is 0.341 e. The molecule has 2 unspecified atom stereocenters. The molecule has 1 aliphatic rings. The van der Waals surface area contributed by atoms with Crippen molar-refractivity contribution in [3.8, 4) is 5.75 Å². The van der Waals surface area contributed by atoms with Gasteiger partial charge < -0.3 is 14.8 Å². The van der Waals surface area contributed by atoms with Crippen molar-refractivity contribution in [3.63, 3.8) is 0 Å². The first-order valence-electron chi connectivity index (χ1n) is 8.87. The van der Waals surface area contributed by atoms with Gasteiger partial charge in [0.2, 0.25) is 0 Å². The van der Waals surface area contributed by atoms with Gasteiger partial charge in [0.15, 0.2) is 0 Å². The minimum atomic E-state index is -0.677. The van der Waals surface area contributed by atoms with Crippen LogP contribution in [0.1, 0.15) is 31.0 Å². The molecular weight excluding hydrogens is 344 g/mol. The highest BCUT2D eigenvalue weighted by molar-refractivity contribution is 6.08. The van der Waals surface area contributed by atoms with Gasteiger partial charge in [0.1, 0.15) is 18.3 Å². The molecule has 0 saturated carbocycles. The third-order valence-electron chi connectivity index (χ3n) is 4.37. The van der Waals surface area contributed by atoms with Crippen molar-refractivity contribution in [2.24, 2.45) is 10.9 Å². The quantitative estimate of drug-likeness (QED) is 0.792. The third-order valence-corrected chi connectivity index (χ3v) is 4.37. The summed E-state index contributed by atoms with van der Waals surface area (Å²) >= 11 is 0. The Hall–Kier alpha value is -3.15. The molecule has 1 N–H and O–H groups in total. The summed E-state index contributed by atoms with van der Waals surface area (Å²) in [6.07, 6.45) is 0. The van der Waals surface area contributed by atoms with E-state index >= 15 is 0 Å². The van der Waals surface area contributed by atoms with Crippen molar-refractivity contribution in [2.45, 2.75) is 26.5 Å². The number of rotatable bonds is 6. The number of carbonyl (C=O) groups excluding carboxylic acids is 2. The fourth-order valence-electron chi connectivity index (χ4n) is 3.06. The first-order chi connectivity index (χ1) is 13.1. The summed E-state index contributed by atoms with van der Waals surface area (Å²) in [7, 11) is 0. The van der Waals surface area contributed by atoms with Crippen LogP contribution in [0, 0.1) is 5.92 Å². The molecular formula is C21H22N2O4. The summed E-state index contributed by atoms with van der Waals surface area (Å²) in [5.74, 6) is -0.361. The molecule has 0 bridgehead atoms. The zero-order valence-corrected chi connectivity index (χ0v) is 15.3. The Kier molecular flexibility index (Phi) is 5.86. The lowest BCUT2D eigenvalue weighted by Crippen LogP contribution is -2.44. The number of esters is 1. The fraction of sp³-hybridized carbons (Fsp3) is 0.286. The Bertz CT molecular complexity index is 831. The fourth-order valence-corrected chi connectivity index (χ4v) is 3.06. The normalized spacial score (nSPS) is 19.0. The topological polar surface area (TPSA) is 77.0 Å². The van der Waals surface area contributed by atoms with Crippen molar-refractivity contribution in [2.75, 3.05) is 6.61 Å². The van der Waals surface area contributed by atoms with Crippen LogP contribution in [0.15, 0.2) is 59.6 Å². The Morgan fingerprint density at radius 1 is 1.11 bits per heavy atom. The highest BCUT2D eigenvalue weighted by atomic mass is 16.5. The van der Waals surface area contributed by atoms with Gasteiger partial charge in [-0.05, 0) is 37.1 Å². The summed E-state index contributed by atoms with van der Waals surface area (Å²) in [5, 5.41) is 2.78. The van der Waals surface area contributed by atoms with Crippen LogP contribution in [-0.2, 0) is 16.1 Å². The van der Waals surface area contributed by atoms with E-state index < -0.39 is 24.0 Å². The Morgan fingerprint density at radius 2 is 1.81 bits per heavy atom. The highest BCUT2D eigenvalue weighted by Crippen LogP contribution is 2.29. The molecule has 27 heavy (non-hydrogen) atoms. The Labute approximate surface area is 158 Å². The molecule has 6 heteroatoms. The monoisotopic (exact) mass is 366 g/mol. The molecule has 2 aromatic rings. The van der Waals surface area contributed by atoms with E-state index in [0.29, 0.717) is 12.3 Å². The number of ether oxygens (including phenoxy) is 2. The first kappa shape index (κ1) is 18.6. The van der Waals surface area contributed by atoms with Crippen LogP contribution in [0.25, 0.3) is 0 Å². The summed E-state index contributed by atoms with van der Waals surface area (Å²) in [6.45, 7) is 4.33. The van der Waals surface area contributed by atoms with Crippen LogP contribution in [0.2, 0.25) is 0 Å². The second-order valence-electron chi connectivity index (χ2n) is 6.25. The first-order valence-corrected chi connectivity index (χ1v) is 8.87. The number of urea groups is 1. The van der Waals surface area contributed by atoms with Gasteiger partial charge in [0, 0.05) is 5.71 Å². The number of nitrogens with one attached hydrogen (secondary N) is 1. The summed E-state index contributed by atoms with van der Waals surface area (Å²) in [6, 6.07) is 15.8. The molecule has 0 spiro atoms. The molecule has 140 valence electrons. The van der Waals surface area contributed by atoms with Crippen molar-refractivity contribution in [1.29, 1.82) is 0 Å². The molecule has 0 aliphatic carbocycles. The van der Waals surface area contributed by atoms with Crippen molar-refractivity contribution < 1.29 is 19.1 Å². The largest absolute Gasteiger partial charge is 0.494 e. The van der Waals surface area contributed by atoms with Crippen molar-refractivity contribution in [1.82, 2.24) is 5.32 Å². The summed E-state index contributed by atoms with van der Waals surface area (Å²) in [4.78, 5) is 28.6. The average Bonchev–Trinajstić information content (AvgIpc) is 2.67. The van der Waals surface area contributed by atoms with Crippen LogP contribution >= 0.6 is 0 Å². The average molecular weight is 366 g/mol. The SMILES string of the molecule is CCOc1ccc(C2NC(=O)N=C(C)C2C(=O)OCc2ccccc2)cc1. The molecule has 2 atom stereocenters. The van der Waals surface area contributed by atoms with Gasteiger partial charge in [-0.2, -0.15) is 0 Å². The smallest absolute Gasteiger partial charge is 0.341 e. The number of hydrogen-bond donors (Lipinski definition) is 1. The second-order valence-corrected chi connectivity index (χ2v) is 6.25. The second kappa shape index (κ2) is 8.49. The van der Waals surface area contributed by atoms with E-state index in [4.69, 9.17) is 9.47 Å². The third kappa shape index (κ3) is 4.53. The lowest BCUT2D eigenvalue weighted by molar-refractivity contribution is -0.148. The predicted octanol–water partition coefficient (Wildman–Crippen LogP) is 3.67. The molecule has 1 aliphatic heterocycles. The van der Waals surface area contributed by atoms with Gasteiger partial charge in [-0.3, -0.25) is 4.79 Å². The summed E-state index contributed by atoms with van der Waals surface area (Å²) < 4.78 is 10.9. The van der Waals surface area contributed by atoms with Crippen LogP contribution in [0.5, 0.6) is 5.75 Å². The molecule has 0 radical (unpaired) electrons. The predicted molar refractivity (Wildman–Crippen MR) is 102 cm³/mol. The van der Waals surface area contributed by atoms with Crippen LogP contribution < -0.4 is 10.1 Å². The maximum atomic E-state index is 12.8. The van der Waals surface area contributed by atoms with Gasteiger partial charge >= 0.3 is 12.0 Å². The molecule has 0 fully saturated rings. The minimum Gasteiger partial charge on any atom is -0.494 e.